The van der Waals surface area contributed by atoms with E-state index in [2.05, 4.69) is 44.9 Å². The molecule has 1 N–H and O–H groups in total. The number of pyridine rings is 1. The molecule has 0 aromatic carbocycles. The molecule has 2 aliphatic heterocycles. The van der Waals surface area contributed by atoms with E-state index in [9.17, 15) is 4.79 Å². The molecule has 0 aliphatic carbocycles. The lowest BCUT2D eigenvalue weighted by Crippen LogP contribution is -2.53. The van der Waals surface area contributed by atoms with Gasteiger partial charge in [0.1, 0.15) is 5.82 Å². The SMILES string of the molecule is CCNC(=NCc1ccnc(N2CCN(CC)CC2)c1)N1CCN(C(C)=O)CC1.I. The van der Waals surface area contributed by atoms with Crippen LogP contribution in [0.1, 0.15) is 26.3 Å². The fourth-order valence-electron chi connectivity index (χ4n) is 3.85. The lowest BCUT2D eigenvalue weighted by molar-refractivity contribution is -0.130. The first kappa shape index (κ1) is 24.6. The average molecular weight is 529 g/mol. The minimum atomic E-state index is 0. The van der Waals surface area contributed by atoms with E-state index in [-0.39, 0.29) is 29.9 Å². The normalized spacial score (nSPS) is 18.2. The number of guanidine groups is 1. The molecule has 0 atom stereocenters. The van der Waals surface area contributed by atoms with Crippen LogP contribution in [0.3, 0.4) is 0 Å². The lowest BCUT2D eigenvalue weighted by Gasteiger charge is -2.36. The molecule has 8 nitrogen and oxygen atoms in total. The summed E-state index contributed by atoms with van der Waals surface area (Å²) < 4.78 is 0. The Bertz CT molecular complexity index is 698. The van der Waals surface area contributed by atoms with Crippen LogP contribution in [0.5, 0.6) is 0 Å². The number of amides is 1. The molecule has 2 saturated heterocycles. The highest BCUT2D eigenvalue weighted by Gasteiger charge is 2.21. The fraction of sp³-hybridized carbons (Fsp3) is 0.667. The fourth-order valence-corrected chi connectivity index (χ4v) is 3.85. The molecule has 0 spiro atoms. The number of piperazine rings is 2. The molecule has 1 aromatic heterocycles. The molecule has 2 fully saturated rings. The standard InChI is InChI=1S/C21H35N7O.HI/c1-4-22-21(28-14-12-26(13-15-28)18(3)29)24-17-19-6-7-23-20(16-19)27-10-8-25(5-2)9-11-27;/h6-7,16H,4-5,8-15,17H2,1-3H3,(H,22,24);1H. The first-order valence-electron chi connectivity index (χ1n) is 10.8. The minimum absolute atomic E-state index is 0. The van der Waals surface area contributed by atoms with Crippen LogP contribution in [-0.2, 0) is 11.3 Å². The molecule has 0 unspecified atom stereocenters. The van der Waals surface area contributed by atoms with Crippen LogP contribution in [0, 0.1) is 0 Å². The highest BCUT2D eigenvalue weighted by atomic mass is 127. The molecule has 0 radical (unpaired) electrons. The Hall–Kier alpha value is -1.62. The summed E-state index contributed by atoms with van der Waals surface area (Å²) in [7, 11) is 0. The van der Waals surface area contributed by atoms with E-state index >= 15 is 0 Å². The Morgan fingerprint density at radius 1 is 1.07 bits per heavy atom. The number of nitrogens with one attached hydrogen (secondary N) is 1. The maximum atomic E-state index is 11.6. The zero-order valence-electron chi connectivity index (χ0n) is 18.5. The Balaban J connectivity index is 0.00000320. The van der Waals surface area contributed by atoms with Crippen molar-refractivity contribution in [1.82, 2.24) is 25.0 Å². The number of halogens is 1. The van der Waals surface area contributed by atoms with Crippen LogP contribution >= 0.6 is 24.0 Å². The molecule has 0 saturated carbocycles. The summed E-state index contributed by atoms with van der Waals surface area (Å²) in [5, 5.41) is 3.40. The molecule has 1 aromatic rings. The summed E-state index contributed by atoms with van der Waals surface area (Å²) in [5.74, 6) is 2.12. The van der Waals surface area contributed by atoms with Crippen LogP contribution < -0.4 is 10.2 Å². The Morgan fingerprint density at radius 3 is 2.33 bits per heavy atom. The summed E-state index contributed by atoms with van der Waals surface area (Å²) in [6, 6.07) is 4.22. The van der Waals surface area contributed by atoms with E-state index < -0.39 is 0 Å². The topological polar surface area (TPSA) is 67.3 Å². The van der Waals surface area contributed by atoms with Gasteiger partial charge >= 0.3 is 0 Å². The first-order valence-corrected chi connectivity index (χ1v) is 10.8. The molecular weight excluding hydrogens is 493 g/mol. The van der Waals surface area contributed by atoms with Crippen molar-refractivity contribution in [2.45, 2.75) is 27.3 Å². The molecule has 168 valence electrons. The molecule has 30 heavy (non-hydrogen) atoms. The number of carbonyl (C=O) groups is 1. The highest BCUT2D eigenvalue weighted by molar-refractivity contribution is 14.0. The summed E-state index contributed by atoms with van der Waals surface area (Å²) >= 11 is 0. The summed E-state index contributed by atoms with van der Waals surface area (Å²) in [5.41, 5.74) is 1.17. The Kier molecular flexibility index (Phi) is 10.1. The number of aliphatic imine (C=N–C) groups is 1. The van der Waals surface area contributed by atoms with Gasteiger partial charge in [-0.05, 0) is 31.2 Å². The number of likely N-dealkylation sites (N-methyl/N-ethyl adjacent to an activating group) is 1. The molecular formula is C21H36IN7O. The Morgan fingerprint density at radius 2 is 1.73 bits per heavy atom. The van der Waals surface area contributed by atoms with Gasteiger partial charge in [-0.2, -0.15) is 0 Å². The number of nitrogens with zero attached hydrogens (tertiary/aromatic N) is 6. The lowest BCUT2D eigenvalue weighted by atomic mass is 10.2. The van der Waals surface area contributed by atoms with Gasteiger partial charge in [0, 0.05) is 72.0 Å². The van der Waals surface area contributed by atoms with Gasteiger partial charge in [-0.15, -0.1) is 24.0 Å². The summed E-state index contributed by atoms with van der Waals surface area (Å²) in [6.07, 6.45) is 1.89. The van der Waals surface area contributed by atoms with Gasteiger partial charge in [-0.25, -0.2) is 9.98 Å². The van der Waals surface area contributed by atoms with Crippen molar-refractivity contribution in [2.24, 2.45) is 4.99 Å². The predicted molar refractivity (Wildman–Crippen MR) is 133 cm³/mol. The van der Waals surface area contributed by atoms with Gasteiger partial charge in [0.15, 0.2) is 5.96 Å². The van der Waals surface area contributed by atoms with E-state index in [1.807, 2.05) is 17.2 Å². The van der Waals surface area contributed by atoms with Gasteiger partial charge in [0.05, 0.1) is 6.54 Å². The number of aromatic nitrogens is 1. The second kappa shape index (κ2) is 12.3. The molecule has 0 bridgehead atoms. The van der Waals surface area contributed by atoms with E-state index in [4.69, 9.17) is 4.99 Å². The molecule has 2 aliphatic rings. The summed E-state index contributed by atoms with van der Waals surface area (Å²) in [6.45, 7) is 15.9. The van der Waals surface area contributed by atoms with Crippen molar-refractivity contribution in [3.8, 4) is 0 Å². The number of carbonyl (C=O) groups excluding carboxylic acids is 1. The van der Waals surface area contributed by atoms with Gasteiger partial charge in [0.25, 0.3) is 0 Å². The maximum absolute atomic E-state index is 11.6. The maximum Gasteiger partial charge on any atom is 0.219 e. The van der Waals surface area contributed by atoms with Crippen molar-refractivity contribution >= 4 is 41.7 Å². The quantitative estimate of drug-likeness (QED) is 0.354. The largest absolute Gasteiger partial charge is 0.357 e. The predicted octanol–water partition coefficient (Wildman–Crippen LogP) is 1.47. The van der Waals surface area contributed by atoms with Crippen LogP contribution in [0.15, 0.2) is 23.3 Å². The van der Waals surface area contributed by atoms with Gasteiger partial charge in [-0.3, -0.25) is 4.79 Å². The minimum Gasteiger partial charge on any atom is -0.357 e. The third kappa shape index (κ3) is 6.69. The smallest absolute Gasteiger partial charge is 0.219 e. The Labute approximate surface area is 197 Å². The zero-order valence-corrected chi connectivity index (χ0v) is 20.8. The van der Waals surface area contributed by atoms with Crippen molar-refractivity contribution in [2.75, 3.05) is 70.3 Å². The number of anilines is 1. The summed E-state index contributed by atoms with van der Waals surface area (Å²) in [4.78, 5) is 30.0. The van der Waals surface area contributed by atoms with Crippen molar-refractivity contribution in [3.05, 3.63) is 23.9 Å². The second-order valence-corrected chi connectivity index (χ2v) is 7.61. The monoisotopic (exact) mass is 529 g/mol. The third-order valence-electron chi connectivity index (χ3n) is 5.72. The second-order valence-electron chi connectivity index (χ2n) is 7.61. The van der Waals surface area contributed by atoms with Crippen molar-refractivity contribution < 1.29 is 4.79 Å². The zero-order chi connectivity index (χ0) is 20.6. The van der Waals surface area contributed by atoms with Gasteiger partial charge in [0.2, 0.25) is 5.91 Å². The van der Waals surface area contributed by atoms with E-state index in [0.29, 0.717) is 6.54 Å². The van der Waals surface area contributed by atoms with Crippen LogP contribution in [0.2, 0.25) is 0 Å². The van der Waals surface area contributed by atoms with E-state index in [0.717, 1.165) is 77.2 Å². The third-order valence-corrected chi connectivity index (χ3v) is 5.72. The number of hydrogen-bond acceptors (Lipinski definition) is 5. The highest BCUT2D eigenvalue weighted by Crippen LogP contribution is 2.16. The van der Waals surface area contributed by atoms with E-state index in [1.54, 1.807) is 6.92 Å². The van der Waals surface area contributed by atoms with Crippen LogP contribution in [0.4, 0.5) is 5.82 Å². The first-order chi connectivity index (χ1) is 14.1. The molecule has 3 heterocycles. The molecule has 1 amide bonds. The van der Waals surface area contributed by atoms with Gasteiger partial charge in [-0.1, -0.05) is 6.92 Å². The van der Waals surface area contributed by atoms with E-state index in [1.165, 1.54) is 5.56 Å². The van der Waals surface area contributed by atoms with Crippen LogP contribution in [0.25, 0.3) is 0 Å². The van der Waals surface area contributed by atoms with Crippen LogP contribution in [-0.4, -0.2) is 97.0 Å². The number of hydrogen-bond donors (Lipinski definition) is 1. The number of rotatable bonds is 5. The van der Waals surface area contributed by atoms with Crippen molar-refractivity contribution in [3.63, 3.8) is 0 Å². The van der Waals surface area contributed by atoms with Gasteiger partial charge < -0.3 is 24.9 Å². The molecule has 9 heteroatoms. The average Bonchev–Trinajstić information content (AvgIpc) is 2.77. The van der Waals surface area contributed by atoms with Crippen molar-refractivity contribution in [1.29, 1.82) is 0 Å². The molecule has 3 rings (SSSR count).